The summed E-state index contributed by atoms with van der Waals surface area (Å²) in [6.45, 7) is 2.54. The van der Waals surface area contributed by atoms with Gasteiger partial charge in [-0.3, -0.25) is 9.59 Å². The molecule has 4 nitrogen and oxygen atoms in total. The van der Waals surface area contributed by atoms with E-state index in [1.54, 1.807) is 28.0 Å². The third-order valence-corrected chi connectivity index (χ3v) is 5.74. The summed E-state index contributed by atoms with van der Waals surface area (Å²) in [5, 5.41) is 4.14. The van der Waals surface area contributed by atoms with Crippen LogP contribution < -0.4 is 0 Å². The monoisotopic (exact) mass is 324 g/mol. The molecule has 21 heavy (non-hydrogen) atoms. The second kappa shape index (κ2) is 6.40. The quantitative estimate of drug-likeness (QED) is 0.836. The second-order valence-electron chi connectivity index (χ2n) is 5.56. The number of amides is 2. The maximum atomic E-state index is 12.9. The molecule has 2 aliphatic rings. The molecule has 1 aromatic heterocycles. The van der Waals surface area contributed by atoms with E-state index in [0.29, 0.717) is 24.9 Å². The van der Waals surface area contributed by atoms with Crippen LogP contribution >= 0.6 is 23.1 Å². The van der Waals surface area contributed by atoms with E-state index >= 15 is 0 Å². The predicted octanol–water partition coefficient (Wildman–Crippen LogP) is 2.55. The van der Waals surface area contributed by atoms with Gasteiger partial charge in [-0.05, 0) is 35.2 Å². The van der Waals surface area contributed by atoms with Crippen molar-refractivity contribution in [1.82, 2.24) is 9.80 Å². The van der Waals surface area contributed by atoms with Gasteiger partial charge in [0.2, 0.25) is 11.8 Å². The van der Waals surface area contributed by atoms with E-state index in [1.807, 2.05) is 17.2 Å². The molecule has 114 valence electrons. The van der Waals surface area contributed by atoms with Crippen molar-refractivity contribution in [3.8, 4) is 0 Å². The molecule has 0 bridgehead atoms. The number of thioether (sulfide) groups is 1. The van der Waals surface area contributed by atoms with Crippen molar-refractivity contribution in [3.63, 3.8) is 0 Å². The summed E-state index contributed by atoms with van der Waals surface area (Å²) < 4.78 is 0. The molecule has 1 atom stereocenters. The van der Waals surface area contributed by atoms with Crippen LogP contribution in [-0.4, -0.2) is 45.3 Å². The summed E-state index contributed by atoms with van der Waals surface area (Å²) in [5.74, 6) is 1.61. The van der Waals surface area contributed by atoms with Crippen molar-refractivity contribution in [2.75, 3.05) is 11.6 Å². The van der Waals surface area contributed by atoms with Gasteiger partial charge >= 0.3 is 0 Å². The van der Waals surface area contributed by atoms with E-state index in [-0.39, 0.29) is 17.9 Å². The van der Waals surface area contributed by atoms with Crippen LogP contribution in [0.1, 0.15) is 31.7 Å². The van der Waals surface area contributed by atoms with E-state index in [2.05, 4.69) is 11.4 Å². The first-order valence-electron chi connectivity index (χ1n) is 7.39. The Morgan fingerprint density at radius 2 is 2.24 bits per heavy atom. The highest BCUT2D eigenvalue weighted by Crippen LogP contribution is 2.32. The van der Waals surface area contributed by atoms with E-state index in [0.717, 1.165) is 18.6 Å². The number of rotatable bonds is 5. The fourth-order valence-corrected chi connectivity index (χ4v) is 4.47. The minimum absolute atomic E-state index is 0.0876. The minimum Gasteiger partial charge on any atom is -0.334 e. The van der Waals surface area contributed by atoms with Crippen molar-refractivity contribution >= 4 is 34.9 Å². The molecule has 1 saturated carbocycles. The Hall–Kier alpha value is -1.01. The van der Waals surface area contributed by atoms with Gasteiger partial charge in [0, 0.05) is 24.8 Å². The summed E-state index contributed by atoms with van der Waals surface area (Å²) >= 11 is 3.34. The zero-order valence-electron chi connectivity index (χ0n) is 12.2. The maximum absolute atomic E-state index is 12.9. The van der Waals surface area contributed by atoms with Gasteiger partial charge in [0.05, 0.1) is 5.88 Å². The van der Waals surface area contributed by atoms with Crippen LogP contribution in [0, 0.1) is 0 Å². The van der Waals surface area contributed by atoms with Gasteiger partial charge in [-0.1, -0.05) is 6.92 Å². The van der Waals surface area contributed by atoms with Gasteiger partial charge in [-0.25, -0.2) is 0 Å². The summed E-state index contributed by atoms with van der Waals surface area (Å²) in [6, 6.07) is 2.19. The smallest absolute Gasteiger partial charge is 0.246 e. The molecule has 6 heteroatoms. The fraction of sp³-hybridized carbons (Fsp3) is 0.600. The van der Waals surface area contributed by atoms with E-state index in [1.165, 1.54) is 5.56 Å². The Bertz CT molecular complexity index is 514. The van der Waals surface area contributed by atoms with Gasteiger partial charge in [0.15, 0.2) is 0 Å². The Morgan fingerprint density at radius 3 is 2.86 bits per heavy atom. The molecule has 2 amide bonds. The summed E-state index contributed by atoms with van der Waals surface area (Å²) in [7, 11) is 0. The molecule has 1 saturated heterocycles. The number of thiophene rings is 1. The average Bonchev–Trinajstić information content (AvgIpc) is 3.02. The lowest BCUT2D eigenvalue weighted by molar-refractivity contribution is -0.144. The van der Waals surface area contributed by atoms with Gasteiger partial charge < -0.3 is 9.80 Å². The minimum atomic E-state index is -0.262. The highest BCUT2D eigenvalue weighted by Gasteiger charge is 2.41. The molecule has 0 unspecified atom stereocenters. The summed E-state index contributed by atoms with van der Waals surface area (Å²) in [5.41, 5.74) is 1.19. The highest BCUT2D eigenvalue weighted by atomic mass is 32.2. The molecule has 0 N–H and O–H groups in total. The van der Waals surface area contributed by atoms with Gasteiger partial charge in [-0.2, -0.15) is 11.3 Å². The van der Waals surface area contributed by atoms with Crippen molar-refractivity contribution in [2.24, 2.45) is 0 Å². The first-order valence-corrected chi connectivity index (χ1v) is 9.49. The van der Waals surface area contributed by atoms with Crippen LogP contribution in [0.5, 0.6) is 0 Å². The number of hydrogen-bond acceptors (Lipinski definition) is 4. The van der Waals surface area contributed by atoms with Crippen LogP contribution in [0.25, 0.3) is 0 Å². The number of nitrogens with zero attached hydrogens (tertiary/aromatic N) is 2. The van der Waals surface area contributed by atoms with E-state index < -0.39 is 0 Å². The lowest BCUT2D eigenvalue weighted by Gasteiger charge is -2.29. The normalized spacial score (nSPS) is 21.6. The fourth-order valence-electron chi connectivity index (χ4n) is 2.64. The Kier molecular flexibility index (Phi) is 4.54. The number of carbonyl (C=O) groups is 2. The molecule has 1 aliphatic carbocycles. The molecule has 2 heterocycles. The predicted molar refractivity (Wildman–Crippen MR) is 86.1 cm³/mol. The van der Waals surface area contributed by atoms with Crippen molar-refractivity contribution in [3.05, 3.63) is 22.4 Å². The van der Waals surface area contributed by atoms with Gasteiger partial charge in [0.1, 0.15) is 6.04 Å². The number of hydrogen-bond donors (Lipinski definition) is 0. The molecule has 1 aromatic rings. The van der Waals surface area contributed by atoms with Crippen LogP contribution in [0.3, 0.4) is 0 Å². The van der Waals surface area contributed by atoms with Crippen LogP contribution in [0.4, 0.5) is 0 Å². The average molecular weight is 324 g/mol. The van der Waals surface area contributed by atoms with Crippen molar-refractivity contribution < 1.29 is 9.59 Å². The zero-order chi connectivity index (χ0) is 14.8. The first kappa shape index (κ1) is 14.9. The summed E-state index contributed by atoms with van der Waals surface area (Å²) in [6.07, 6.45) is 2.66. The molecule has 0 spiro atoms. The van der Waals surface area contributed by atoms with Crippen molar-refractivity contribution in [2.45, 2.75) is 44.8 Å². The Labute approximate surface area is 133 Å². The lowest BCUT2D eigenvalue weighted by atomic mass is 10.2. The SMILES string of the molecule is CCC(=O)N1CSC[C@@H]1C(=O)N(Cc1ccsc1)C1CC1. The molecular weight excluding hydrogens is 304 g/mol. The van der Waals surface area contributed by atoms with Gasteiger partial charge in [-0.15, -0.1) is 11.8 Å². The molecule has 0 aromatic carbocycles. The van der Waals surface area contributed by atoms with E-state index in [4.69, 9.17) is 0 Å². The Balaban J connectivity index is 1.73. The summed E-state index contributed by atoms with van der Waals surface area (Å²) in [4.78, 5) is 28.7. The standard InChI is InChI=1S/C15H20N2O2S2/c1-2-14(18)17-10-21-9-13(17)15(19)16(12-3-4-12)7-11-5-6-20-8-11/h5-6,8,12-13H,2-4,7,9-10H2,1H3/t13-/m1/s1. The van der Waals surface area contributed by atoms with Crippen LogP contribution in [0.2, 0.25) is 0 Å². The second-order valence-corrected chi connectivity index (χ2v) is 7.34. The van der Waals surface area contributed by atoms with Crippen LogP contribution in [-0.2, 0) is 16.1 Å². The zero-order valence-corrected chi connectivity index (χ0v) is 13.8. The van der Waals surface area contributed by atoms with Crippen LogP contribution in [0.15, 0.2) is 16.8 Å². The van der Waals surface area contributed by atoms with E-state index in [9.17, 15) is 9.59 Å². The molecule has 3 rings (SSSR count). The third-order valence-electron chi connectivity index (χ3n) is 3.99. The first-order chi connectivity index (χ1) is 10.2. The molecule has 1 aliphatic heterocycles. The Morgan fingerprint density at radius 1 is 1.43 bits per heavy atom. The molecular formula is C15H20N2O2S2. The molecule has 0 radical (unpaired) electrons. The topological polar surface area (TPSA) is 40.6 Å². The maximum Gasteiger partial charge on any atom is 0.246 e. The van der Waals surface area contributed by atoms with Gasteiger partial charge in [0.25, 0.3) is 0 Å². The molecule has 2 fully saturated rings. The third kappa shape index (κ3) is 3.26. The lowest BCUT2D eigenvalue weighted by Crippen LogP contribution is -2.49. The largest absolute Gasteiger partial charge is 0.334 e. The highest BCUT2D eigenvalue weighted by molar-refractivity contribution is 7.99. The number of carbonyl (C=O) groups excluding carboxylic acids is 2. The van der Waals surface area contributed by atoms with Crippen molar-refractivity contribution in [1.29, 1.82) is 0 Å².